The first kappa shape index (κ1) is 26.3. The van der Waals surface area contributed by atoms with E-state index in [0.717, 1.165) is 36.4 Å². The minimum Gasteiger partial charge on any atom is -0.394 e. The largest absolute Gasteiger partial charge is 0.417 e. The second kappa shape index (κ2) is 9.29. The fourth-order valence-electron chi connectivity index (χ4n) is 4.21. The lowest BCUT2D eigenvalue weighted by molar-refractivity contribution is -0.137. The van der Waals surface area contributed by atoms with Crippen LogP contribution in [0.15, 0.2) is 12.3 Å². The molecule has 0 bridgehead atoms. The summed E-state index contributed by atoms with van der Waals surface area (Å²) in [4.78, 5) is 36.3. The standard InChI is InChI=1S/C24H30F3N5O3S/c1-13-6-5-9-32(13)21(35)17-18(36-20(29-17)19(34)31-23(12-33)7-8-23)14-11-28-16(30-22(2,3)4)10-15(14)24(25,26)27/h10-11,13,33H,5-9,12H2,1-4H3,(H,28,30)(H,31,34). The van der Waals surface area contributed by atoms with Crippen molar-refractivity contribution in [3.8, 4) is 10.4 Å². The summed E-state index contributed by atoms with van der Waals surface area (Å²) in [6.07, 6.45) is -0.924. The van der Waals surface area contributed by atoms with Gasteiger partial charge in [0.1, 0.15) is 11.5 Å². The van der Waals surface area contributed by atoms with E-state index in [9.17, 15) is 27.9 Å². The van der Waals surface area contributed by atoms with Crippen LogP contribution in [0.4, 0.5) is 19.0 Å². The molecule has 36 heavy (non-hydrogen) atoms. The fraction of sp³-hybridized carbons (Fsp3) is 0.583. The summed E-state index contributed by atoms with van der Waals surface area (Å²) in [6.45, 7) is 7.49. The van der Waals surface area contributed by atoms with Crippen LogP contribution in [0, 0.1) is 0 Å². The first-order valence-electron chi connectivity index (χ1n) is 11.8. The zero-order valence-electron chi connectivity index (χ0n) is 20.6. The lowest BCUT2D eigenvalue weighted by atomic mass is 10.1. The molecule has 196 valence electrons. The van der Waals surface area contributed by atoms with Crippen molar-refractivity contribution in [2.75, 3.05) is 18.5 Å². The molecular weight excluding hydrogens is 495 g/mol. The molecule has 8 nitrogen and oxygen atoms in total. The van der Waals surface area contributed by atoms with Crippen molar-refractivity contribution in [3.63, 3.8) is 0 Å². The molecule has 0 spiro atoms. The topological polar surface area (TPSA) is 107 Å². The van der Waals surface area contributed by atoms with Crippen molar-refractivity contribution in [3.05, 3.63) is 28.5 Å². The average molecular weight is 526 g/mol. The Morgan fingerprint density at radius 3 is 2.50 bits per heavy atom. The zero-order valence-corrected chi connectivity index (χ0v) is 21.4. The maximum absolute atomic E-state index is 14.2. The number of nitrogens with one attached hydrogen (secondary N) is 2. The Morgan fingerprint density at radius 1 is 1.28 bits per heavy atom. The van der Waals surface area contributed by atoms with E-state index in [1.54, 1.807) is 25.7 Å². The number of thiazole rings is 1. The normalized spacial score (nSPS) is 19.3. The van der Waals surface area contributed by atoms with Crippen molar-refractivity contribution >= 4 is 29.0 Å². The van der Waals surface area contributed by atoms with Gasteiger partial charge in [-0.15, -0.1) is 11.3 Å². The number of aromatic nitrogens is 2. The maximum atomic E-state index is 14.2. The molecule has 2 fully saturated rings. The first-order valence-corrected chi connectivity index (χ1v) is 12.7. The smallest absolute Gasteiger partial charge is 0.394 e. The Morgan fingerprint density at radius 2 is 1.97 bits per heavy atom. The first-order chi connectivity index (χ1) is 16.7. The van der Waals surface area contributed by atoms with E-state index in [2.05, 4.69) is 20.6 Å². The number of rotatable bonds is 6. The zero-order chi connectivity index (χ0) is 26.5. The predicted octanol–water partition coefficient (Wildman–Crippen LogP) is 4.31. The molecule has 1 aliphatic heterocycles. The number of hydrogen-bond acceptors (Lipinski definition) is 7. The van der Waals surface area contributed by atoms with Crippen LogP contribution in [-0.2, 0) is 6.18 Å². The number of halogens is 3. The number of amides is 2. The van der Waals surface area contributed by atoms with Crippen molar-refractivity contribution < 1.29 is 27.9 Å². The average Bonchev–Trinajstić information content (AvgIpc) is 3.20. The van der Waals surface area contributed by atoms with Gasteiger partial charge in [0.25, 0.3) is 11.8 Å². The lowest BCUT2D eigenvalue weighted by Gasteiger charge is -2.23. The molecule has 1 unspecified atom stereocenters. The molecule has 1 atom stereocenters. The summed E-state index contributed by atoms with van der Waals surface area (Å²) >= 11 is 0.725. The van der Waals surface area contributed by atoms with Crippen LogP contribution in [0.2, 0.25) is 0 Å². The van der Waals surface area contributed by atoms with Crippen LogP contribution in [0.5, 0.6) is 0 Å². The van der Waals surface area contributed by atoms with Crippen LogP contribution in [0.1, 0.15) is 79.2 Å². The van der Waals surface area contributed by atoms with E-state index in [4.69, 9.17) is 0 Å². The molecule has 3 heterocycles. The number of likely N-dealkylation sites (tertiary alicyclic amines) is 1. The Bertz CT molecular complexity index is 1170. The van der Waals surface area contributed by atoms with Crippen molar-refractivity contribution in [1.29, 1.82) is 0 Å². The van der Waals surface area contributed by atoms with Gasteiger partial charge in [0, 0.05) is 29.9 Å². The van der Waals surface area contributed by atoms with E-state index in [-0.39, 0.29) is 39.6 Å². The van der Waals surface area contributed by atoms with E-state index in [1.807, 2.05) is 6.92 Å². The van der Waals surface area contributed by atoms with Gasteiger partial charge in [-0.3, -0.25) is 9.59 Å². The van der Waals surface area contributed by atoms with Gasteiger partial charge in [0.05, 0.1) is 22.6 Å². The Hall–Kier alpha value is -2.73. The number of hydrogen-bond donors (Lipinski definition) is 3. The van der Waals surface area contributed by atoms with Crippen LogP contribution in [0.3, 0.4) is 0 Å². The molecule has 1 saturated carbocycles. The van der Waals surface area contributed by atoms with Gasteiger partial charge in [0.15, 0.2) is 5.01 Å². The van der Waals surface area contributed by atoms with Gasteiger partial charge in [-0.1, -0.05) is 0 Å². The predicted molar refractivity (Wildman–Crippen MR) is 130 cm³/mol. The quantitative estimate of drug-likeness (QED) is 0.519. The van der Waals surface area contributed by atoms with Gasteiger partial charge < -0.3 is 20.6 Å². The highest BCUT2D eigenvalue weighted by molar-refractivity contribution is 7.17. The van der Waals surface area contributed by atoms with Gasteiger partial charge in [-0.2, -0.15) is 13.2 Å². The number of carbonyl (C=O) groups is 2. The third-order valence-electron chi connectivity index (χ3n) is 6.33. The highest BCUT2D eigenvalue weighted by Gasteiger charge is 2.44. The van der Waals surface area contributed by atoms with Crippen LogP contribution >= 0.6 is 11.3 Å². The van der Waals surface area contributed by atoms with Crippen molar-refractivity contribution in [1.82, 2.24) is 20.2 Å². The minimum atomic E-state index is -4.74. The number of aliphatic hydroxyl groups excluding tert-OH is 1. The summed E-state index contributed by atoms with van der Waals surface area (Å²) in [5.74, 6) is -1.10. The molecule has 1 saturated heterocycles. The number of aliphatic hydroxyl groups is 1. The van der Waals surface area contributed by atoms with Gasteiger partial charge in [0.2, 0.25) is 0 Å². The van der Waals surface area contributed by atoms with Gasteiger partial charge in [-0.05, 0) is 59.4 Å². The molecule has 2 amide bonds. The lowest BCUT2D eigenvalue weighted by Crippen LogP contribution is -2.39. The second-order valence-electron chi connectivity index (χ2n) is 10.6. The fourth-order valence-corrected chi connectivity index (χ4v) is 5.18. The van der Waals surface area contributed by atoms with Crippen LogP contribution < -0.4 is 10.6 Å². The molecule has 0 aromatic carbocycles. The summed E-state index contributed by atoms with van der Waals surface area (Å²) in [5, 5.41) is 15.1. The highest BCUT2D eigenvalue weighted by atomic mass is 32.1. The maximum Gasteiger partial charge on any atom is 0.417 e. The Kier molecular flexibility index (Phi) is 6.80. The molecule has 3 N–H and O–H groups in total. The van der Waals surface area contributed by atoms with Gasteiger partial charge >= 0.3 is 6.18 Å². The number of nitrogens with zero attached hydrogens (tertiary/aromatic N) is 3. The number of alkyl halides is 3. The van der Waals surface area contributed by atoms with E-state index >= 15 is 0 Å². The summed E-state index contributed by atoms with van der Waals surface area (Å²) in [7, 11) is 0. The molecule has 12 heteroatoms. The van der Waals surface area contributed by atoms with E-state index in [1.165, 1.54) is 0 Å². The Balaban J connectivity index is 1.82. The highest BCUT2D eigenvalue weighted by Crippen LogP contribution is 2.42. The monoisotopic (exact) mass is 525 g/mol. The van der Waals surface area contributed by atoms with Gasteiger partial charge in [-0.25, -0.2) is 9.97 Å². The summed E-state index contributed by atoms with van der Waals surface area (Å²) < 4.78 is 42.6. The SMILES string of the molecule is CC1CCCN1C(=O)c1nc(C(=O)NC2(CO)CC2)sc1-c1cnc(NC(C)(C)C)cc1C(F)(F)F. The Labute approximate surface area is 211 Å². The van der Waals surface area contributed by atoms with E-state index in [0.29, 0.717) is 19.4 Å². The minimum absolute atomic E-state index is 0.0423. The molecule has 2 aliphatic rings. The van der Waals surface area contributed by atoms with Crippen LogP contribution in [-0.4, -0.2) is 62.1 Å². The molecule has 0 radical (unpaired) electrons. The van der Waals surface area contributed by atoms with Crippen LogP contribution in [0.25, 0.3) is 10.4 Å². The summed E-state index contributed by atoms with van der Waals surface area (Å²) in [5.41, 5.74) is -2.74. The van der Waals surface area contributed by atoms with E-state index < -0.39 is 34.6 Å². The molecule has 2 aromatic rings. The third-order valence-corrected chi connectivity index (χ3v) is 7.42. The van der Waals surface area contributed by atoms with Crippen molar-refractivity contribution in [2.45, 2.75) is 76.7 Å². The molecule has 2 aromatic heterocycles. The number of carbonyl (C=O) groups excluding carboxylic acids is 2. The third kappa shape index (κ3) is 5.49. The van der Waals surface area contributed by atoms with Crippen molar-refractivity contribution in [2.24, 2.45) is 0 Å². The molecule has 4 rings (SSSR count). The second-order valence-corrected chi connectivity index (χ2v) is 11.6. The summed E-state index contributed by atoms with van der Waals surface area (Å²) in [6, 6.07) is 0.824. The molecular formula is C24H30F3N5O3S. The number of anilines is 1. The molecule has 1 aliphatic carbocycles. The number of pyridine rings is 1.